The molecule has 0 aliphatic carbocycles. The number of ether oxygens (including phenoxy) is 1. The molecule has 0 radical (unpaired) electrons. The Morgan fingerprint density at radius 3 is 2.20 bits per heavy atom. The van der Waals surface area contributed by atoms with Gasteiger partial charge in [-0.15, -0.1) is 0 Å². The number of nitrogens with zero attached hydrogens (tertiary/aromatic N) is 2. The van der Waals surface area contributed by atoms with Crippen LogP contribution in [0.15, 0.2) is 93.8 Å². The van der Waals surface area contributed by atoms with Gasteiger partial charge in [0.2, 0.25) is 0 Å². The van der Waals surface area contributed by atoms with E-state index in [-0.39, 0.29) is 16.8 Å². The molecule has 3 aromatic carbocycles. The van der Waals surface area contributed by atoms with Crippen molar-refractivity contribution in [2.24, 2.45) is 0 Å². The molecule has 0 atom stereocenters. The molecule has 2 heterocycles. The molecule has 0 bridgehead atoms. The van der Waals surface area contributed by atoms with Crippen molar-refractivity contribution in [1.82, 2.24) is 10.2 Å². The number of methoxy groups -OCH3 is 1. The van der Waals surface area contributed by atoms with Crippen LogP contribution in [0.1, 0.15) is 20.9 Å². The summed E-state index contributed by atoms with van der Waals surface area (Å²) >= 11 is 8.74. The van der Waals surface area contributed by atoms with E-state index < -0.39 is 5.91 Å². The van der Waals surface area contributed by atoms with Crippen LogP contribution in [0.4, 0.5) is 11.4 Å². The van der Waals surface area contributed by atoms with E-state index in [1.54, 1.807) is 43.5 Å². The van der Waals surface area contributed by atoms with E-state index in [2.05, 4.69) is 31.5 Å². The predicted molar refractivity (Wildman–Crippen MR) is 163 cm³/mol. The molecular formula is C30H27BrN4O4S. The summed E-state index contributed by atoms with van der Waals surface area (Å²) in [7, 11) is 1.61. The van der Waals surface area contributed by atoms with Crippen molar-refractivity contribution in [3.05, 3.63) is 101 Å². The number of anilines is 2. The first-order valence-electron chi connectivity index (χ1n) is 12.7. The summed E-state index contributed by atoms with van der Waals surface area (Å²) in [6, 6.07) is 26.0. The molecule has 40 heavy (non-hydrogen) atoms. The minimum atomic E-state index is -0.431. The Labute approximate surface area is 246 Å². The van der Waals surface area contributed by atoms with E-state index >= 15 is 0 Å². The summed E-state index contributed by atoms with van der Waals surface area (Å²) in [6.07, 6.45) is 0. The second kappa shape index (κ2) is 12.4. The number of thiocarbonyl (C=S) groups is 1. The summed E-state index contributed by atoms with van der Waals surface area (Å²) in [5, 5.41) is 5.87. The van der Waals surface area contributed by atoms with Gasteiger partial charge in [0.05, 0.1) is 7.11 Å². The fourth-order valence-electron chi connectivity index (χ4n) is 4.40. The third-order valence-corrected chi connectivity index (χ3v) is 7.31. The molecular weight excluding hydrogens is 592 g/mol. The molecule has 0 unspecified atom stereocenters. The minimum absolute atomic E-state index is 0.0245. The Morgan fingerprint density at radius 1 is 0.875 bits per heavy atom. The number of halogens is 1. The molecule has 1 saturated heterocycles. The van der Waals surface area contributed by atoms with Crippen LogP contribution in [0.25, 0.3) is 11.3 Å². The maximum absolute atomic E-state index is 12.8. The lowest BCUT2D eigenvalue weighted by Crippen LogP contribution is -2.48. The van der Waals surface area contributed by atoms with Gasteiger partial charge < -0.3 is 24.3 Å². The molecule has 4 aromatic rings. The number of nitrogens with one attached hydrogen (secondary N) is 2. The second-order valence-electron chi connectivity index (χ2n) is 9.13. The Bertz CT molecular complexity index is 1500. The quantitative estimate of drug-likeness (QED) is 0.264. The van der Waals surface area contributed by atoms with Crippen molar-refractivity contribution < 1.29 is 18.7 Å². The van der Waals surface area contributed by atoms with Gasteiger partial charge in [-0.2, -0.15) is 0 Å². The Kier molecular flexibility index (Phi) is 8.47. The maximum atomic E-state index is 12.8. The summed E-state index contributed by atoms with van der Waals surface area (Å²) in [5.41, 5.74) is 3.32. The van der Waals surface area contributed by atoms with Crippen molar-refractivity contribution in [2.75, 3.05) is 43.5 Å². The molecule has 1 fully saturated rings. The number of hydrogen-bond donors (Lipinski definition) is 2. The largest absolute Gasteiger partial charge is 0.497 e. The smallest absolute Gasteiger partial charge is 0.293 e. The lowest BCUT2D eigenvalue weighted by atomic mass is 10.1. The molecule has 8 nitrogen and oxygen atoms in total. The monoisotopic (exact) mass is 618 g/mol. The number of amides is 2. The number of benzene rings is 3. The van der Waals surface area contributed by atoms with Crippen LogP contribution >= 0.6 is 28.1 Å². The Balaban J connectivity index is 1.10. The molecule has 5 rings (SSSR count). The maximum Gasteiger partial charge on any atom is 0.293 e. The van der Waals surface area contributed by atoms with Gasteiger partial charge >= 0.3 is 0 Å². The molecule has 1 aliphatic heterocycles. The highest BCUT2D eigenvalue weighted by atomic mass is 79.9. The van der Waals surface area contributed by atoms with Gasteiger partial charge in [-0.05, 0) is 85.0 Å². The van der Waals surface area contributed by atoms with E-state index in [4.69, 9.17) is 21.4 Å². The van der Waals surface area contributed by atoms with Crippen LogP contribution < -0.4 is 20.3 Å². The average molecular weight is 620 g/mol. The number of carbonyl (C=O) groups is 2. The van der Waals surface area contributed by atoms with Crippen LogP contribution in [0.2, 0.25) is 0 Å². The summed E-state index contributed by atoms with van der Waals surface area (Å²) in [5.74, 6) is 1.09. The minimum Gasteiger partial charge on any atom is -0.497 e. The van der Waals surface area contributed by atoms with Crippen LogP contribution in [0.5, 0.6) is 5.75 Å². The number of piperazine rings is 1. The van der Waals surface area contributed by atoms with Crippen molar-refractivity contribution in [1.29, 1.82) is 0 Å². The first kappa shape index (κ1) is 27.4. The zero-order valence-corrected chi connectivity index (χ0v) is 24.1. The molecule has 1 aromatic heterocycles. The van der Waals surface area contributed by atoms with Crippen LogP contribution in [0.3, 0.4) is 0 Å². The van der Waals surface area contributed by atoms with Gasteiger partial charge in [-0.25, -0.2) is 0 Å². The van der Waals surface area contributed by atoms with Gasteiger partial charge in [0.25, 0.3) is 11.8 Å². The van der Waals surface area contributed by atoms with E-state index in [1.807, 2.05) is 53.4 Å². The van der Waals surface area contributed by atoms with Crippen LogP contribution in [-0.2, 0) is 0 Å². The van der Waals surface area contributed by atoms with Gasteiger partial charge in [0.15, 0.2) is 10.9 Å². The molecule has 2 amide bonds. The van der Waals surface area contributed by atoms with Gasteiger partial charge in [0, 0.05) is 53.2 Å². The molecule has 1 aliphatic rings. The lowest BCUT2D eigenvalue weighted by Gasteiger charge is -2.36. The van der Waals surface area contributed by atoms with Crippen molar-refractivity contribution >= 4 is 56.4 Å². The standard InChI is InChI=1S/C30H27BrN4O4S/c1-38-25-12-4-21(5-13-25)29(37)35-18-16-34(17-19-35)24-10-8-23(9-11-24)32-30(40)33-28(36)27-15-14-26(39-27)20-2-6-22(31)7-3-20/h2-15H,16-19H2,1H3,(H2,32,33,36,40). The van der Waals surface area contributed by atoms with Gasteiger partial charge in [0.1, 0.15) is 11.5 Å². The number of furan rings is 1. The number of rotatable bonds is 6. The molecule has 204 valence electrons. The summed E-state index contributed by atoms with van der Waals surface area (Å²) in [4.78, 5) is 29.6. The highest BCUT2D eigenvalue weighted by molar-refractivity contribution is 9.10. The van der Waals surface area contributed by atoms with E-state index in [0.717, 1.165) is 40.2 Å². The molecule has 10 heteroatoms. The number of carbonyl (C=O) groups excluding carboxylic acids is 2. The third-order valence-electron chi connectivity index (χ3n) is 6.58. The van der Waals surface area contributed by atoms with E-state index in [9.17, 15) is 9.59 Å². The van der Waals surface area contributed by atoms with Crippen LogP contribution in [-0.4, -0.2) is 55.1 Å². The zero-order chi connectivity index (χ0) is 28.1. The zero-order valence-electron chi connectivity index (χ0n) is 21.7. The highest BCUT2D eigenvalue weighted by Gasteiger charge is 2.22. The topological polar surface area (TPSA) is 87.0 Å². The van der Waals surface area contributed by atoms with Gasteiger partial charge in [-0.1, -0.05) is 28.1 Å². The SMILES string of the molecule is COc1ccc(C(=O)N2CCN(c3ccc(NC(=S)NC(=O)c4ccc(-c5ccc(Br)cc5)o4)cc3)CC2)cc1. The first-order valence-corrected chi connectivity index (χ1v) is 13.9. The predicted octanol–water partition coefficient (Wildman–Crippen LogP) is 5.81. The fraction of sp³-hybridized carbons (Fsp3) is 0.167. The Hall–Kier alpha value is -4.15. The summed E-state index contributed by atoms with van der Waals surface area (Å²) in [6.45, 7) is 2.73. The van der Waals surface area contributed by atoms with Crippen molar-refractivity contribution in [3.8, 4) is 17.1 Å². The highest BCUT2D eigenvalue weighted by Crippen LogP contribution is 2.24. The molecule has 0 spiro atoms. The molecule has 2 N–H and O–H groups in total. The van der Waals surface area contributed by atoms with Gasteiger partial charge in [-0.3, -0.25) is 14.9 Å². The fourth-order valence-corrected chi connectivity index (χ4v) is 4.87. The van der Waals surface area contributed by atoms with E-state index in [1.165, 1.54) is 0 Å². The Morgan fingerprint density at radius 2 is 1.55 bits per heavy atom. The van der Waals surface area contributed by atoms with Crippen molar-refractivity contribution in [3.63, 3.8) is 0 Å². The second-order valence-corrected chi connectivity index (χ2v) is 10.5. The van der Waals surface area contributed by atoms with Crippen molar-refractivity contribution in [2.45, 2.75) is 0 Å². The normalized spacial score (nSPS) is 13.1. The molecule has 0 saturated carbocycles. The third kappa shape index (κ3) is 6.52. The average Bonchev–Trinajstić information content (AvgIpc) is 3.48. The summed E-state index contributed by atoms with van der Waals surface area (Å²) < 4.78 is 11.8. The lowest BCUT2D eigenvalue weighted by molar-refractivity contribution is 0.0746. The first-order chi connectivity index (χ1) is 19.4. The van der Waals surface area contributed by atoms with E-state index in [0.29, 0.717) is 24.4 Å². The number of hydrogen-bond acceptors (Lipinski definition) is 6. The van der Waals surface area contributed by atoms with Crippen LogP contribution in [0, 0.1) is 0 Å².